The molecule has 1 fully saturated rings. The fourth-order valence-electron chi connectivity index (χ4n) is 6.87. The van der Waals surface area contributed by atoms with Gasteiger partial charge < -0.3 is 59.1 Å². The molecule has 20 nitrogen and oxygen atoms in total. The second kappa shape index (κ2) is 22.2. The van der Waals surface area contributed by atoms with Crippen LogP contribution in [-0.4, -0.2) is 106 Å². The number of amides is 7. The van der Waals surface area contributed by atoms with Crippen molar-refractivity contribution in [2.75, 3.05) is 13.1 Å². The van der Waals surface area contributed by atoms with E-state index in [1.165, 1.54) is 12.5 Å². The molecule has 2 aromatic heterocycles. The molecule has 7 amide bonds. The van der Waals surface area contributed by atoms with E-state index in [4.69, 9.17) is 17.2 Å². The van der Waals surface area contributed by atoms with Gasteiger partial charge in [-0.3, -0.25) is 38.6 Å². The molecule has 61 heavy (non-hydrogen) atoms. The third-order valence-corrected chi connectivity index (χ3v) is 10.1. The number of nitrogens with two attached hydrogens (primary N) is 3. The van der Waals surface area contributed by atoms with E-state index in [9.17, 15) is 33.6 Å². The minimum atomic E-state index is -1.30. The number of rotatable bonds is 11. The summed E-state index contributed by atoms with van der Waals surface area (Å²) >= 11 is 0. The average molecular weight is 840 g/mol. The van der Waals surface area contributed by atoms with Gasteiger partial charge in [0, 0.05) is 74.2 Å². The molecule has 20 heteroatoms. The topological polar surface area (TPSA) is 327 Å². The molecule has 0 bridgehead atoms. The van der Waals surface area contributed by atoms with Crippen LogP contribution in [0.1, 0.15) is 55.3 Å². The average Bonchev–Trinajstić information content (AvgIpc) is 3.91. The number of aromatic nitrogens is 3. The number of nitrogens with one attached hydrogen (secondary N) is 8. The zero-order valence-electron chi connectivity index (χ0n) is 33.6. The number of hydrogen-bond donors (Lipinski definition) is 11. The van der Waals surface area contributed by atoms with Crippen molar-refractivity contribution in [2.45, 2.75) is 88.0 Å². The molecular formula is C41H53N13O7. The number of carbonyl (C=O) groups is 7. The highest BCUT2D eigenvalue weighted by Crippen LogP contribution is 2.20. The first-order valence-corrected chi connectivity index (χ1v) is 20.0. The van der Waals surface area contributed by atoms with E-state index in [0.717, 1.165) is 10.9 Å². The highest BCUT2D eigenvalue weighted by molar-refractivity contribution is 5.97. The maximum atomic E-state index is 14.3. The van der Waals surface area contributed by atoms with E-state index in [2.05, 4.69) is 51.8 Å². The van der Waals surface area contributed by atoms with Crippen molar-refractivity contribution in [3.63, 3.8) is 0 Å². The van der Waals surface area contributed by atoms with Gasteiger partial charge in [-0.15, -0.1) is 0 Å². The van der Waals surface area contributed by atoms with Crippen molar-refractivity contribution in [1.29, 1.82) is 0 Å². The van der Waals surface area contributed by atoms with Crippen LogP contribution in [0.2, 0.25) is 0 Å². The van der Waals surface area contributed by atoms with Gasteiger partial charge in [0.05, 0.1) is 6.33 Å². The molecular weight excluding hydrogens is 787 g/mol. The van der Waals surface area contributed by atoms with Crippen LogP contribution in [0.5, 0.6) is 0 Å². The van der Waals surface area contributed by atoms with Gasteiger partial charge in [-0.05, 0) is 42.9 Å². The maximum Gasteiger partial charge on any atom is 0.243 e. The van der Waals surface area contributed by atoms with Crippen LogP contribution in [0, 0.1) is 0 Å². The molecule has 0 radical (unpaired) electrons. The number of hydrogen-bond acceptors (Lipinski definition) is 9. The number of para-hydroxylation sites is 1. The zero-order valence-corrected chi connectivity index (χ0v) is 33.6. The van der Waals surface area contributed by atoms with Crippen molar-refractivity contribution in [1.82, 2.24) is 46.9 Å². The van der Waals surface area contributed by atoms with E-state index < -0.39 is 71.6 Å². The number of imidazole rings is 1. The smallest absolute Gasteiger partial charge is 0.243 e. The van der Waals surface area contributed by atoms with Crippen LogP contribution < -0.4 is 49.1 Å². The van der Waals surface area contributed by atoms with Crippen molar-refractivity contribution in [2.24, 2.45) is 22.2 Å². The SMILES string of the molecule is NC(=O)[C@@H]1CCC(=O)NCCCC(=O)N[C@@H](Cc2cnc[nH]2)C(=O)N[C@H](Cc2ccccc2)C(=O)N[C@@H](CCCN=C(N)N)C(=O)N[C@@H](Cc2c[nH]c3ccccc23)C(=O)N1. The lowest BCUT2D eigenvalue weighted by atomic mass is 10.0. The van der Waals surface area contributed by atoms with Crippen molar-refractivity contribution < 1.29 is 33.6 Å². The molecule has 14 N–H and O–H groups in total. The monoisotopic (exact) mass is 839 g/mol. The van der Waals surface area contributed by atoms with Gasteiger partial charge in [-0.25, -0.2) is 4.98 Å². The highest BCUT2D eigenvalue weighted by Gasteiger charge is 2.33. The Bertz CT molecular complexity index is 2170. The Morgan fingerprint density at radius 1 is 0.705 bits per heavy atom. The number of primary amides is 1. The molecule has 0 aliphatic carbocycles. The first-order valence-electron chi connectivity index (χ1n) is 20.0. The van der Waals surface area contributed by atoms with Gasteiger partial charge in [0.25, 0.3) is 0 Å². The van der Waals surface area contributed by atoms with E-state index in [0.29, 0.717) is 16.8 Å². The first kappa shape index (κ1) is 44.8. The second-order valence-corrected chi connectivity index (χ2v) is 14.7. The Hall–Kier alpha value is -7.25. The lowest BCUT2D eigenvalue weighted by molar-refractivity contribution is -0.135. The van der Waals surface area contributed by atoms with E-state index in [1.807, 2.05) is 24.3 Å². The van der Waals surface area contributed by atoms with Crippen LogP contribution in [-0.2, 0) is 52.8 Å². The van der Waals surface area contributed by atoms with E-state index >= 15 is 0 Å². The Kier molecular flexibility index (Phi) is 16.3. The Balaban J connectivity index is 1.50. The molecule has 3 heterocycles. The number of carbonyl (C=O) groups excluding carboxylic acids is 7. The van der Waals surface area contributed by atoms with Crippen molar-refractivity contribution >= 4 is 58.2 Å². The summed E-state index contributed by atoms with van der Waals surface area (Å²) < 4.78 is 0. The minimum Gasteiger partial charge on any atom is -0.370 e. The molecule has 1 aliphatic rings. The summed E-state index contributed by atoms with van der Waals surface area (Å²) in [6.07, 6.45) is 4.62. The zero-order chi connectivity index (χ0) is 43.7. The summed E-state index contributed by atoms with van der Waals surface area (Å²) in [4.78, 5) is 109. The fraction of sp³-hybridized carbons (Fsp3) is 0.390. The summed E-state index contributed by atoms with van der Waals surface area (Å²) in [7, 11) is 0. The number of aliphatic imine (C=N–C) groups is 1. The van der Waals surface area contributed by atoms with Gasteiger partial charge in [0.2, 0.25) is 41.4 Å². The van der Waals surface area contributed by atoms with Gasteiger partial charge >= 0.3 is 0 Å². The molecule has 5 atom stereocenters. The van der Waals surface area contributed by atoms with E-state index in [-0.39, 0.29) is 76.8 Å². The first-order chi connectivity index (χ1) is 29.4. The summed E-state index contributed by atoms with van der Waals surface area (Å²) in [6, 6.07) is 9.98. The van der Waals surface area contributed by atoms with Crippen LogP contribution in [0.15, 0.2) is 78.3 Å². The van der Waals surface area contributed by atoms with Gasteiger partial charge in [-0.2, -0.15) is 0 Å². The third kappa shape index (κ3) is 13.9. The Morgan fingerprint density at radius 2 is 1.36 bits per heavy atom. The molecule has 5 rings (SSSR count). The number of aromatic amines is 2. The van der Waals surface area contributed by atoms with E-state index in [1.54, 1.807) is 36.5 Å². The van der Waals surface area contributed by atoms with Crippen LogP contribution in [0.25, 0.3) is 10.9 Å². The van der Waals surface area contributed by atoms with Gasteiger partial charge in [0.15, 0.2) is 5.96 Å². The molecule has 1 saturated heterocycles. The van der Waals surface area contributed by atoms with Crippen LogP contribution in [0.3, 0.4) is 0 Å². The van der Waals surface area contributed by atoms with Crippen molar-refractivity contribution in [3.05, 3.63) is 90.1 Å². The van der Waals surface area contributed by atoms with Gasteiger partial charge in [-0.1, -0.05) is 48.5 Å². The number of guanidine groups is 1. The number of nitrogens with zero attached hydrogens (tertiary/aromatic N) is 2. The fourth-order valence-corrected chi connectivity index (χ4v) is 6.87. The summed E-state index contributed by atoms with van der Waals surface area (Å²) in [6.45, 7) is 0.205. The maximum absolute atomic E-state index is 14.3. The third-order valence-electron chi connectivity index (χ3n) is 10.1. The summed E-state index contributed by atoms with van der Waals surface area (Å²) in [5.41, 5.74) is 19.4. The molecule has 0 saturated carbocycles. The Labute approximate surface area is 351 Å². The lowest BCUT2D eigenvalue weighted by Gasteiger charge is -2.27. The normalized spacial score (nSPS) is 21.6. The number of H-pyrrole nitrogens is 2. The molecule has 2 aromatic carbocycles. The summed E-state index contributed by atoms with van der Waals surface area (Å²) in [5, 5.41) is 17.1. The molecule has 4 aromatic rings. The second-order valence-electron chi connectivity index (χ2n) is 14.7. The molecule has 0 spiro atoms. The summed E-state index contributed by atoms with van der Waals surface area (Å²) in [5.74, 6) is -4.94. The predicted molar refractivity (Wildman–Crippen MR) is 225 cm³/mol. The lowest BCUT2D eigenvalue weighted by Crippen LogP contribution is -2.60. The minimum absolute atomic E-state index is 0.000684. The van der Waals surface area contributed by atoms with Crippen LogP contribution >= 0.6 is 0 Å². The molecule has 324 valence electrons. The number of fused-ring (bicyclic) bond motifs is 1. The van der Waals surface area contributed by atoms with Crippen molar-refractivity contribution in [3.8, 4) is 0 Å². The predicted octanol–water partition coefficient (Wildman–Crippen LogP) is -1.43. The highest BCUT2D eigenvalue weighted by atomic mass is 16.2. The quantitative estimate of drug-likeness (QED) is 0.0475. The molecule has 0 unspecified atom stereocenters. The van der Waals surface area contributed by atoms with Crippen LogP contribution in [0.4, 0.5) is 0 Å². The van der Waals surface area contributed by atoms with Gasteiger partial charge in [0.1, 0.15) is 30.2 Å². The molecule has 1 aliphatic heterocycles. The Morgan fingerprint density at radius 3 is 2.07 bits per heavy atom. The largest absolute Gasteiger partial charge is 0.370 e. The standard InChI is InChI=1S/C41H53N13O7/c42-36(57)29-14-15-34(55)46-16-7-13-35(56)50-33(20-26-22-45-23-49-26)40(61)53-31(18-24-8-2-1-3-9-24)38(59)52-30(12-6-17-47-41(43)44)37(58)54-32(39(60)51-29)19-25-21-48-28-11-5-4-10-27(25)28/h1-5,8-11,21-23,29-33,48H,6-7,12-20H2,(H2,42,57)(H,45,49)(H,46,55)(H,50,56)(H,51,60)(H,52,59)(H,53,61)(H,54,58)(H4,43,44,47)/t29-,30-,31+,32-,33-/m0/s1. The number of benzene rings is 2.